The number of fused-ring (bicyclic) bond motifs is 1. The van der Waals surface area contributed by atoms with E-state index in [0.717, 1.165) is 19.3 Å². The zero-order valence-electron chi connectivity index (χ0n) is 20.9. The van der Waals surface area contributed by atoms with Gasteiger partial charge in [0.05, 0.1) is 35.3 Å². The molecule has 1 N–H and O–H groups in total. The largest absolute Gasteiger partial charge is 0.462 e. The Kier molecular flexibility index (Phi) is 8.01. The van der Waals surface area contributed by atoms with Gasteiger partial charge in [0.2, 0.25) is 11.8 Å². The van der Waals surface area contributed by atoms with Crippen molar-refractivity contribution in [2.24, 2.45) is 17.8 Å². The van der Waals surface area contributed by atoms with E-state index >= 15 is 0 Å². The van der Waals surface area contributed by atoms with Gasteiger partial charge in [-0.1, -0.05) is 13.8 Å². The lowest BCUT2D eigenvalue weighted by Crippen LogP contribution is -2.30. The van der Waals surface area contributed by atoms with E-state index in [1.165, 1.54) is 29.2 Å². The van der Waals surface area contributed by atoms with Crippen molar-refractivity contribution in [1.82, 2.24) is 0 Å². The Hall–Kier alpha value is -4.01. The van der Waals surface area contributed by atoms with Crippen LogP contribution in [0.25, 0.3) is 0 Å². The maximum Gasteiger partial charge on any atom is 0.338 e. The average Bonchev–Trinajstić information content (AvgIpc) is 3.15. The van der Waals surface area contributed by atoms with Crippen molar-refractivity contribution in [3.8, 4) is 0 Å². The lowest BCUT2D eigenvalue weighted by Gasteiger charge is -2.25. The smallest absolute Gasteiger partial charge is 0.338 e. The van der Waals surface area contributed by atoms with Gasteiger partial charge in [0.15, 0.2) is 6.61 Å². The highest BCUT2D eigenvalue weighted by atomic mass is 16.5. The summed E-state index contributed by atoms with van der Waals surface area (Å²) in [7, 11) is 0. The van der Waals surface area contributed by atoms with Crippen LogP contribution < -0.4 is 10.2 Å². The summed E-state index contributed by atoms with van der Waals surface area (Å²) in [6, 6.07) is 12.2. The van der Waals surface area contributed by atoms with E-state index in [1.807, 2.05) is 6.92 Å². The molecule has 3 amide bonds. The summed E-state index contributed by atoms with van der Waals surface area (Å²) in [5.41, 5.74) is 1.42. The highest BCUT2D eigenvalue weighted by Crippen LogP contribution is 2.42. The van der Waals surface area contributed by atoms with Gasteiger partial charge in [-0.3, -0.25) is 19.3 Å². The van der Waals surface area contributed by atoms with Crippen molar-refractivity contribution >= 4 is 41.0 Å². The normalized spacial score (nSPS) is 20.8. The van der Waals surface area contributed by atoms with Gasteiger partial charge in [-0.2, -0.15) is 0 Å². The minimum Gasteiger partial charge on any atom is -0.462 e. The molecule has 1 aliphatic carbocycles. The zero-order valence-corrected chi connectivity index (χ0v) is 20.9. The number of amides is 3. The van der Waals surface area contributed by atoms with Crippen LogP contribution in [-0.4, -0.2) is 42.9 Å². The molecule has 4 rings (SSSR count). The van der Waals surface area contributed by atoms with E-state index in [2.05, 4.69) is 12.2 Å². The van der Waals surface area contributed by atoms with Crippen LogP contribution >= 0.6 is 0 Å². The molecule has 1 saturated carbocycles. The molecule has 1 heterocycles. The van der Waals surface area contributed by atoms with Crippen LogP contribution in [0.1, 0.15) is 60.2 Å². The van der Waals surface area contributed by atoms with E-state index in [9.17, 15) is 24.0 Å². The molecule has 2 fully saturated rings. The summed E-state index contributed by atoms with van der Waals surface area (Å²) in [5.74, 6) is -2.18. The molecular weight excluding hydrogens is 476 g/mol. The quantitative estimate of drug-likeness (QED) is 0.425. The Morgan fingerprint density at radius 1 is 0.865 bits per heavy atom. The molecule has 0 radical (unpaired) electrons. The molecule has 0 bridgehead atoms. The second kappa shape index (κ2) is 11.4. The van der Waals surface area contributed by atoms with E-state index < -0.39 is 24.5 Å². The van der Waals surface area contributed by atoms with Gasteiger partial charge in [-0.05, 0) is 80.1 Å². The van der Waals surface area contributed by atoms with Crippen molar-refractivity contribution in [3.05, 3.63) is 59.7 Å². The molecule has 2 aliphatic rings. The number of nitrogens with one attached hydrogen (secondary N) is 1. The van der Waals surface area contributed by atoms with Crippen molar-refractivity contribution in [2.75, 3.05) is 23.4 Å². The summed E-state index contributed by atoms with van der Waals surface area (Å²) < 4.78 is 10.2. The highest BCUT2D eigenvalue weighted by molar-refractivity contribution is 6.22. The zero-order chi connectivity index (χ0) is 26.5. The summed E-state index contributed by atoms with van der Waals surface area (Å²) in [6.07, 6.45) is 3.09. The molecule has 194 valence electrons. The number of nitrogens with zero attached hydrogens (tertiary/aromatic N) is 1. The van der Waals surface area contributed by atoms with Crippen LogP contribution in [0.15, 0.2) is 48.5 Å². The van der Waals surface area contributed by atoms with Crippen molar-refractivity contribution in [3.63, 3.8) is 0 Å². The van der Waals surface area contributed by atoms with Crippen LogP contribution in [0, 0.1) is 17.8 Å². The van der Waals surface area contributed by atoms with Crippen LogP contribution in [0.2, 0.25) is 0 Å². The van der Waals surface area contributed by atoms with E-state index in [-0.39, 0.29) is 29.2 Å². The molecule has 1 saturated heterocycles. The highest BCUT2D eigenvalue weighted by Gasteiger charge is 2.49. The summed E-state index contributed by atoms with van der Waals surface area (Å²) in [6.45, 7) is 3.82. The number of hydrogen-bond acceptors (Lipinski definition) is 7. The Bertz CT molecular complexity index is 1190. The number of imide groups is 1. The third-order valence-corrected chi connectivity index (χ3v) is 6.72. The van der Waals surface area contributed by atoms with Gasteiger partial charge < -0.3 is 14.8 Å². The molecule has 2 aromatic carbocycles. The molecule has 0 aromatic heterocycles. The topological polar surface area (TPSA) is 119 Å². The molecule has 2 aromatic rings. The Labute approximate surface area is 215 Å². The van der Waals surface area contributed by atoms with E-state index in [1.54, 1.807) is 24.3 Å². The van der Waals surface area contributed by atoms with Gasteiger partial charge in [0.1, 0.15) is 0 Å². The van der Waals surface area contributed by atoms with Gasteiger partial charge in [0.25, 0.3) is 5.91 Å². The van der Waals surface area contributed by atoms with E-state index in [0.29, 0.717) is 35.9 Å². The molecule has 3 atom stereocenters. The van der Waals surface area contributed by atoms with Crippen LogP contribution in [0.4, 0.5) is 11.4 Å². The summed E-state index contributed by atoms with van der Waals surface area (Å²) >= 11 is 0. The predicted octanol–water partition coefficient (Wildman–Crippen LogP) is 3.97. The molecule has 0 spiro atoms. The van der Waals surface area contributed by atoms with Gasteiger partial charge in [0, 0.05) is 5.69 Å². The number of carbonyl (C=O) groups is 5. The summed E-state index contributed by atoms with van der Waals surface area (Å²) in [5, 5.41) is 2.59. The lowest BCUT2D eigenvalue weighted by atomic mass is 9.76. The number of esters is 2. The third-order valence-electron chi connectivity index (χ3n) is 6.72. The first-order valence-corrected chi connectivity index (χ1v) is 12.5. The average molecular weight is 507 g/mol. The van der Waals surface area contributed by atoms with Gasteiger partial charge in [-0.25, -0.2) is 9.59 Å². The monoisotopic (exact) mass is 506 g/mol. The number of hydrogen-bond donors (Lipinski definition) is 1. The maximum atomic E-state index is 12.9. The first kappa shape index (κ1) is 26.1. The number of anilines is 2. The molecule has 1 aliphatic heterocycles. The molecule has 37 heavy (non-hydrogen) atoms. The van der Waals surface area contributed by atoms with E-state index in [4.69, 9.17) is 9.47 Å². The fourth-order valence-corrected chi connectivity index (χ4v) is 4.77. The number of ether oxygens (including phenoxy) is 2. The van der Waals surface area contributed by atoms with Crippen LogP contribution in [0.3, 0.4) is 0 Å². The Morgan fingerprint density at radius 2 is 1.46 bits per heavy atom. The predicted molar refractivity (Wildman–Crippen MR) is 135 cm³/mol. The SMILES string of the molecule is CCCOC(=O)c1ccc(NC(=O)COC(=O)c2ccc(N3C(=O)[C@H]4C[C@H](C)CC[C@H]4C3=O)cc2)cc1. The Morgan fingerprint density at radius 3 is 2.11 bits per heavy atom. The summed E-state index contributed by atoms with van der Waals surface area (Å²) in [4.78, 5) is 63.4. The van der Waals surface area contributed by atoms with Gasteiger partial charge in [-0.15, -0.1) is 0 Å². The number of carbonyl (C=O) groups excluding carboxylic acids is 5. The minimum absolute atomic E-state index is 0.181. The standard InChI is InChI=1S/C28H30N2O7/c1-3-14-36-27(34)18-5-9-20(10-6-18)29-24(31)16-37-28(35)19-7-11-21(12-8-19)30-25(32)22-13-4-17(2)15-23(22)26(30)33/h5-12,17,22-23H,3-4,13-16H2,1-2H3,(H,29,31)/t17-,22-,23+/m1/s1. The van der Waals surface area contributed by atoms with Gasteiger partial charge >= 0.3 is 11.9 Å². The minimum atomic E-state index is -0.711. The van der Waals surface area contributed by atoms with Crippen LogP contribution in [0.5, 0.6) is 0 Å². The number of rotatable bonds is 8. The maximum absolute atomic E-state index is 12.9. The molecule has 9 heteroatoms. The van der Waals surface area contributed by atoms with Crippen molar-refractivity contribution in [2.45, 2.75) is 39.5 Å². The Balaban J connectivity index is 1.29. The van der Waals surface area contributed by atoms with Crippen molar-refractivity contribution < 1.29 is 33.4 Å². The van der Waals surface area contributed by atoms with Crippen LogP contribution in [-0.2, 0) is 23.9 Å². The molecule has 0 unspecified atom stereocenters. The first-order chi connectivity index (χ1) is 17.8. The second-order valence-corrected chi connectivity index (χ2v) is 9.53. The number of benzene rings is 2. The molecular formula is C28H30N2O7. The van der Waals surface area contributed by atoms with Crippen molar-refractivity contribution in [1.29, 1.82) is 0 Å². The second-order valence-electron chi connectivity index (χ2n) is 9.53. The molecule has 9 nitrogen and oxygen atoms in total. The lowest BCUT2D eigenvalue weighted by molar-refractivity contribution is -0.122. The fourth-order valence-electron chi connectivity index (χ4n) is 4.77. The fraction of sp³-hybridized carbons (Fsp3) is 0.393. The third kappa shape index (κ3) is 5.87. The first-order valence-electron chi connectivity index (χ1n) is 12.5.